The maximum absolute atomic E-state index is 8.07. The third kappa shape index (κ3) is 36.0. The molecule has 0 radical (unpaired) electrons. The molecule has 1 rings (SSSR count). The highest BCUT2D eigenvalue weighted by Gasteiger charge is 1.72. The van der Waals surface area contributed by atoms with Gasteiger partial charge in [0, 0.05) is 19.8 Å². The molecule has 1 aromatic carbocycles. The van der Waals surface area contributed by atoms with Gasteiger partial charge in [0.15, 0.2) is 0 Å². The fourth-order valence-electron chi connectivity index (χ4n) is 0.851. The summed E-state index contributed by atoms with van der Waals surface area (Å²) >= 11 is 0. The molecule has 0 saturated heterocycles. The van der Waals surface area contributed by atoms with Gasteiger partial charge in [-0.15, -0.1) is 0 Å². The van der Waals surface area contributed by atoms with Crippen molar-refractivity contribution in [3.8, 4) is 0 Å². The number of aliphatic hydroxyl groups excluding tert-OH is 3. The maximum atomic E-state index is 8.07. The summed E-state index contributed by atoms with van der Waals surface area (Å²) in [5.41, 5.74) is 1.32. The molecule has 1 aromatic rings. The van der Waals surface area contributed by atoms with Crippen LogP contribution in [0.3, 0.4) is 0 Å². The second-order valence-corrected chi connectivity index (χ2v) is 4.13. The van der Waals surface area contributed by atoms with Gasteiger partial charge in [0.05, 0.1) is 0 Å². The van der Waals surface area contributed by atoms with E-state index in [9.17, 15) is 0 Å². The number of aryl methyl sites for hydroxylation is 1. The first kappa shape index (κ1) is 24.1. The van der Waals surface area contributed by atoms with E-state index in [1.807, 2.05) is 18.2 Å². The van der Waals surface area contributed by atoms with Crippen molar-refractivity contribution in [3.63, 3.8) is 0 Å². The van der Waals surface area contributed by atoms with Crippen molar-refractivity contribution in [1.82, 2.24) is 0 Å². The van der Waals surface area contributed by atoms with Crippen molar-refractivity contribution in [2.24, 2.45) is 0 Å². The minimum Gasteiger partial charge on any atom is -0.397 e. The molecule has 0 aliphatic heterocycles. The van der Waals surface area contributed by atoms with Crippen molar-refractivity contribution in [2.75, 3.05) is 19.8 Å². The number of hydrogen-bond donors (Lipinski definition) is 3. The van der Waals surface area contributed by atoms with Crippen molar-refractivity contribution in [1.29, 1.82) is 0 Å². The molecule has 0 amide bonds. The van der Waals surface area contributed by atoms with Gasteiger partial charge in [0.2, 0.25) is 0 Å². The SMILES string of the molecule is CCCCO.CCCCO.CCO.Cc1ccccc1. The number of unbranched alkanes of at least 4 members (excludes halogenated alkanes) is 2. The highest BCUT2D eigenvalue weighted by Crippen LogP contribution is 1.92. The number of hydrogen-bond acceptors (Lipinski definition) is 3. The zero-order valence-corrected chi connectivity index (χ0v) is 13.7. The lowest BCUT2D eigenvalue weighted by Gasteiger charge is -1.82. The minimum atomic E-state index is 0.250. The smallest absolute Gasteiger partial charge is 0.0430 e. The van der Waals surface area contributed by atoms with Gasteiger partial charge >= 0.3 is 0 Å². The Labute approximate surface area is 125 Å². The van der Waals surface area contributed by atoms with Gasteiger partial charge in [-0.3, -0.25) is 0 Å². The summed E-state index contributed by atoms with van der Waals surface area (Å²) in [4.78, 5) is 0. The fourth-order valence-corrected chi connectivity index (χ4v) is 0.851. The second kappa shape index (κ2) is 26.6. The zero-order chi connectivity index (χ0) is 16.1. The highest BCUT2D eigenvalue weighted by atomic mass is 16.3. The lowest BCUT2D eigenvalue weighted by atomic mass is 10.2. The van der Waals surface area contributed by atoms with Crippen LogP contribution in [0.1, 0.15) is 52.0 Å². The van der Waals surface area contributed by atoms with Gasteiger partial charge in [0.25, 0.3) is 0 Å². The monoisotopic (exact) mass is 286 g/mol. The molecule has 0 atom stereocenters. The van der Waals surface area contributed by atoms with E-state index in [4.69, 9.17) is 15.3 Å². The van der Waals surface area contributed by atoms with Crippen molar-refractivity contribution in [3.05, 3.63) is 35.9 Å². The predicted octanol–water partition coefficient (Wildman–Crippen LogP) is 3.55. The van der Waals surface area contributed by atoms with Crippen LogP contribution in [0.2, 0.25) is 0 Å². The Hall–Kier alpha value is -0.900. The van der Waals surface area contributed by atoms with E-state index in [1.165, 1.54) is 5.56 Å². The quantitative estimate of drug-likeness (QED) is 0.793. The summed E-state index contributed by atoms with van der Waals surface area (Å²) in [5.74, 6) is 0. The Bertz CT molecular complexity index is 215. The summed E-state index contributed by atoms with van der Waals surface area (Å²) in [6, 6.07) is 10.3. The molecule has 0 saturated carbocycles. The zero-order valence-electron chi connectivity index (χ0n) is 13.7. The predicted molar refractivity (Wildman–Crippen MR) is 87.9 cm³/mol. The maximum Gasteiger partial charge on any atom is 0.0430 e. The van der Waals surface area contributed by atoms with E-state index >= 15 is 0 Å². The van der Waals surface area contributed by atoms with Gasteiger partial charge in [-0.1, -0.05) is 62.6 Å². The van der Waals surface area contributed by atoms with Crippen molar-refractivity contribution in [2.45, 2.75) is 53.4 Å². The van der Waals surface area contributed by atoms with Crippen LogP contribution in [0.5, 0.6) is 0 Å². The van der Waals surface area contributed by atoms with Gasteiger partial charge in [-0.2, -0.15) is 0 Å². The molecular formula is C17H34O3. The van der Waals surface area contributed by atoms with E-state index in [0.717, 1.165) is 25.7 Å². The van der Waals surface area contributed by atoms with E-state index in [-0.39, 0.29) is 6.61 Å². The lowest BCUT2D eigenvalue weighted by Crippen LogP contribution is -1.75. The van der Waals surface area contributed by atoms with Crippen LogP contribution in [0.15, 0.2) is 30.3 Å². The fraction of sp³-hybridized carbons (Fsp3) is 0.647. The molecule has 0 aromatic heterocycles. The molecule has 0 aliphatic carbocycles. The van der Waals surface area contributed by atoms with Crippen LogP contribution in [-0.4, -0.2) is 35.1 Å². The summed E-state index contributed by atoms with van der Waals surface area (Å²) in [7, 11) is 0. The van der Waals surface area contributed by atoms with Crippen LogP contribution in [-0.2, 0) is 0 Å². The second-order valence-electron chi connectivity index (χ2n) is 4.13. The number of rotatable bonds is 4. The van der Waals surface area contributed by atoms with Crippen LogP contribution in [0.4, 0.5) is 0 Å². The molecule has 0 bridgehead atoms. The van der Waals surface area contributed by atoms with E-state index < -0.39 is 0 Å². The van der Waals surface area contributed by atoms with Crippen LogP contribution >= 0.6 is 0 Å². The van der Waals surface area contributed by atoms with Crippen LogP contribution in [0.25, 0.3) is 0 Å². The van der Waals surface area contributed by atoms with E-state index in [1.54, 1.807) is 6.92 Å². The third-order valence-corrected chi connectivity index (χ3v) is 1.96. The van der Waals surface area contributed by atoms with Gasteiger partial charge in [-0.05, 0) is 26.7 Å². The largest absolute Gasteiger partial charge is 0.397 e. The third-order valence-electron chi connectivity index (χ3n) is 1.96. The van der Waals surface area contributed by atoms with E-state index in [0.29, 0.717) is 13.2 Å². The Morgan fingerprint density at radius 3 is 1.20 bits per heavy atom. The van der Waals surface area contributed by atoms with Gasteiger partial charge in [-0.25, -0.2) is 0 Å². The molecule has 3 heteroatoms. The van der Waals surface area contributed by atoms with Gasteiger partial charge in [0.1, 0.15) is 0 Å². The molecule has 0 unspecified atom stereocenters. The Morgan fingerprint density at radius 2 is 1.10 bits per heavy atom. The lowest BCUT2D eigenvalue weighted by molar-refractivity contribution is 0.286. The standard InChI is InChI=1S/C7H8.2C4H10O.C2H6O/c1-7-5-3-2-4-6-7;2*1-2-3-4-5;1-2-3/h2-6H,1H3;2*5H,2-4H2,1H3;3H,2H2,1H3. The average Bonchev–Trinajstić information content (AvgIpc) is 2.44. The van der Waals surface area contributed by atoms with Crippen molar-refractivity contribution >= 4 is 0 Å². The van der Waals surface area contributed by atoms with Crippen molar-refractivity contribution < 1.29 is 15.3 Å². The average molecular weight is 286 g/mol. The van der Waals surface area contributed by atoms with Crippen LogP contribution in [0, 0.1) is 6.92 Å². The first-order valence-corrected chi connectivity index (χ1v) is 7.48. The van der Waals surface area contributed by atoms with Gasteiger partial charge < -0.3 is 15.3 Å². The summed E-state index contributed by atoms with van der Waals surface area (Å²) < 4.78 is 0. The topological polar surface area (TPSA) is 60.7 Å². The molecule has 0 fully saturated rings. The molecular weight excluding hydrogens is 252 g/mol. The number of benzene rings is 1. The Balaban J connectivity index is -0.000000202. The first-order valence-electron chi connectivity index (χ1n) is 7.48. The molecule has 3 N–H and O–H groups in total. The highest BCUT2D eigenvalue weighted by molar-refractivity contribution is 5.11. The molecule has 0 spiro atoms. The Morgan fingerprint density at radius 1 is 0.750 bits per heavy atom. The Kier molecular flexibility index (Phi) is 32.1. The first-order chi connectivity index (χ1) is 9.64. The van der Waals surface area contributed by atoms with Crippen LogP contribution < -0.4 is 0 Å². The summed E-state index contributed by atoms with van der Waals surface area (Å²) in [6.45, 7) is 8.80. The normalized spacial score (nSPS) is 8.15. The molecule has 0 heterocycles. The molecule has 0 aliphatic rings. The molecule has 3 nitrogen and oxygen atoms in total. The van der Waals surface area contributed by atoms with E-state index in [2.05, 4.69) is 32.9 Å². The summed E-state index contributed by atoms with van der Waals surface area (Å²) in [6.07, 6.45) is 4.08. The molecule has 20 heavy (non-hydrogen) atoms. The number of aliphatic hydroxyl groups is 3. The minimum absolute atomic E-state index is 0.250. The summed E-state index contributed by atoms with van der Waals surface area (Å²) in [5, 5.41) is 23.7. The molecule has 120 valence electrons.